The molecule has 0 aliphatic heterocycles. The predicted octanol–water partition coefficient (Wildman–Crippen LogP) is 4.13. The molecule has 0 saturated heterocycles. The number of aromatic nitrogens is 3. The maximum Gasteiger partial charge on any atom is 0.183 e. The summed E-state index contributed by atoms with van der Waals surface area (Å²) >= 11 is 1.65. The quantitative estimate of drug-likeness (QED) is 0.764. The first-order valence-corrected chi connectivity index (χ1v) is 7.74. The lowest BCUT2D eigenvalue weighted by Crippen LogP contribution is -1.85. The van der Waals surface area contributed by atoms with Crippen molar-refractivity contribution in [2.45, 2.75) is 20.3 Å². The highest BCUT2D eigenvalue weighted by atomic mass is 32.1. The van der Waals surface area contributed by atoms with Gasteiger partial charge in [0.1, 0.15) is 0 Å². The molecule has 5 heteroatoms. The van der Waals surface area contributed by atoms with E-state index in [1.54, 1.807) is 17.5 Å². The zero-order chi connectivity index (χ0) is 15.1. The fraction of sp³-hybridized carbons (Fsp3) is 0.250. The van der Waals surface area contributed by atoms with Crippen LogP contribution in [0.15, 0.2) is 42.7 Å². The number of hydrogen-bond donors (Lipinski definition) is 2. The van der Waals surface area contributed by atoms with E-state index in [1.165, 1.54) is 10.4 Å². The lowest BCUT2D eigenvalue weighted by atomic mass is 10.2. The Labute approximate surface area is 129 Å². The molecule has 0 aliphatic carbocycles. The minimum atomic E-state index is 0.939. The van der Waals surface area contributed by atoms with E-state index in [-0.39, 0.29) is 0 Å². The molecule has 4 nitrogen and oxygen atoms in total. The van der Waals surface area contributed by atoms with Crippen LogP contribution < -0.4 is 5.32 Å². The van der Waals surface area contributed by atoms with Crippen LogP contribution in [0.2, 0.25) is 0 Å². The Bertz CT molecular complexity index is 644. The number of nitrogens with zero attached hydrogens (tertiary/aromatic N) is 2. The van der Waals surface area contributed by atoms with Crippen molar-refractivity contribution in [2.75, 3.05) is 12.4 Å². The number of aryl methyl sites for hydroxylation is 2. The van der Waals surface area contributed by atoms with Crippen molar-refractivity contribution in [2.24, 2.45) is 0 Å². The van der Waals surface area contributed by atoms with Crippen LogP contribution in [0.1, 0.15) is 17.4 Å². The molecule has 21 heavy (non-hydrogen) atoms. The van der Waals surface area contributed by atoms with Crippen molar-refractivity contribution < 1.29 is 0 Å². The van der Waals surface area contributed by atoms with Gasteiger partial charge in [0.25, 0.3) is 0 Å². The molecule has 1 aromatic carbocycles. The summed E-state index contributed by atoms with van der Waals surface area (Å²) in [6, 6.07) is 10.5. The normalized spacial score (nSPS) is 9.86. The third-order valence-electron chi connectivity index (χ3n) is 3.03. The first-order chi connectivity index (χ1) is 10.2. The van der Waals surface area contributed by atoms with E-state index in [0.29, 0.717) is 0 Å². The Hall–Kier alpha value is -2.14. The Morgan fingerprint density at radius 2 is 2.00 bits per heavy atom. The number of aromatic amines is 1. The molecule has 3 aromatic rings. The summed E-state index contributed by atoms with van der Waals surface area (Å²) in [5, 5.41) is 10.6. The van der Waals surface area contributed by atoms with Gasteiger partial charge >= 0.3 is 0 Å². The van der Waals surface area contributed by atoms with Gasteiger partial charge in [-0.05, 0) is 18.9 Å². The third-order valence-corrected chi connectivity index (χ3v) is 4.02. The second kappa shape index (κ2) is 7.59. The van der Waals surface area contributed by atoms with Gasteiger partial charge in [0.2, 0.25) is 0 Å². The molecule has 2 heterocycles. The van der Waals surface area contributed by atoms with Gasteiger partial charge in [-0.25, -0.2) is 4.98 Å². The van der Waals surface area contributed by atoms with Gasteiger partial charge in [0, 0.05) is 23.7 Å². The Morgan fingerprint density at radius 1 is 1.24 bits per heavy atom. The van der Waals surface area contributed by atoms with E-state index < -0.39 is 0 Å². The molecule has 0 aliphatic rings. The average Bonchev–Trinajstić information content (AvgIpc) is 3.17. The highest BCUT2D eigenvalue weighted by Crippen LogP contribution is 2.29. The number of nitrogens with one attached hydrogen (secondary N) is 2. The van der Waals surface area contributed by atoms with Crippen LogP contribution in [0.5, 0.6) is 0 Å². The van der Waals surface area contributed by atoms with Gasteiger partial charge < -0.3 is 5.32 Å². The maximum atomic E-state index is 4.42. The van der Waals surface area contributed by atoms with Crippen molar-refractivity contribution in [3.63, 3.8) is 0 Å². The standard InChI is InChI=1S/C8H10N4S.C8H10/c1-5-7(6-3-10-11-4-6)12-8(9-2)13-5;1-2-8-6-4-3-5-7-8/h3-4H,1-2H3,(H,9,12)(H,10,11);3-7H,2H2,1H3. The Balaban J connectivity index is 0.000000173. The second-order valence-electron chi connectivity index (χ2n) is 4.50. The van der Waals surface area contributed by atoms with Gasteiger partial charge in [0.05, 0.1) is 11.9 Å². The summed E-state index contributed by atoms with van der Waals surface area (Å²) in [4.78, 5) is 5.62. The molecule has 0 spiro atoms. The molecule has 2 aromatic heterocycles. The monoisotopic (exact) mass is 300 g/mol. The van der Waals surface area contributed by atoms with E-state index in [2.05, 4.69) is 58.6 Å². The largest absolute Gasteiger partial charge is 0.365 e. The lowest BCUT2D eigenvalue weighted by molar-refractivity contribution is 1.09. The molecular formula is C16H20N4S. The van der Waals surface area contributed by atoms with Gasteiger partial charge in [-0.3, -0.25) is 5.10 Å². The number of hydrogen-bond acceptors (Lipinski definition) is 4. The zero-order valence-corrected chi connectivity index (χ0v) is 13.4. The van der Waals surface area contributed by atoms with E-state index in [0.717, 1.165) is 22.8 Å². The van der Waals surface area contributed by atoms with Crippen LogP contribution in [0.3, 0.4) is 0 Å². The van der Waals surface area contributed by atoms with Crippen LogP contribution in [-0.2, 0) is 6.42 Å². The lowest BCUT2D eigenvalue weighted by Gasteiger charge is -1.90. The molecule has 0 unspecified atom stereocenters. The van der Waals surface area contributed by atoms with Crippen molar-refractivity contribution in [1.82, 2.24) is 15.2 Å². The molecule has 2 N–H and O–H groups in total. The minimum absolute atomic E-state index is 0.939. The average molecular weight is 300 g/mol. The highest BCUT2D eigenvalue weighted by Gasteiger charge is 2.08. The molecule has 0 fully saturated rings. The summed E-state index contributed by atoms with van der Waals surface area (Å²) in [5.41, 5.74) is 3.45. The van der Waals surface area contributed by atoms with E-state index >= 15 is 0 Å². The summed E-state index contributed by atoms with van der Waals surface area (Å²) < 4.78 is 0. The summed E-state index contributed by atoms with van der Waals surface area (Å²) in [7, 11) is 1.87. The number of H-pyrrole nitrogens is 1. The van der Waals surface area contributed by atoms with Crippen LogP contribution in [0.4, 0.5) is 5.13 Å². The predicted molar refractivity (Wildman–Crippen MR) is 89.8 cm³/mol. The summed E-state index contributed by atoms with van der Waals surface area (Å²) in [5.74, 6) is 0. The SMILES string of the molecule is CCc1ccccc1.CNc1nc(-c2cn[nH]c2)c(C)s1. The second-order valence-corrected chi connectivity index (χ2v) is 5.70. The van der Waals surface area contributed by atoms with Crippen molar-refractivity contribution in [3.8, 4) is 11.3 Å². The van der Waals surface area contributed by atoms with Gasteiger partial charge in [0.15, 0.2) is 5.13 Å². The minimum Gasteiger partial charge on any atom is -0.365 e. The first-order valence-electron chi connectivity index (χ1n) is 6.92. The maximum absolute atomic E-state index is 4.42. The molecular weight excluding hydrogens is 280 g/mol. The fourth-order valence-corrected chi connectivity index (χ4v) is 2.65. The van der Waals surface area contributed by atoms with Gasteiger partial charge in [-0.15, -0.1) is 11.3 Å². The van der Waals surface area contributed by atoms with Crippen LogP contribution in [0.25, 0.3) is 11.3 Å². The molecule has 0 radical (unpaired) electrons. The molecule has 110 valence electrons. The first kappa shape index (κ1) is 15.3. The number of rotatable bonds is 3. The van der Waals surface area contributed by atoms with Gasteiger partial charge in [-0.2, -0.15) is 5.10 Å². The molecule has 3 rings (SSSR count). The highest BCUT2D eigenvalue weighted by molar-refractivity contribution is 7.15. The number of benzene rings is 1. The molecule has 0 bridgehead atoms. The number of anilines is 1. The van der Waals surface area contributed by atoms with E-state index in [9.17, 15) is 0 Å². The molecule has 0 saturated carbocycles. The zero-order valence-electron chi connectivity index (χ0n) is 12.6. The Morgan fingerprint density at radius 3 is 2.48 bits per heavy atom. The van der Waals surface area contributed by atoms with Crippen molar-refractivity contribution in [3.05, 3.63) is 53.2 Å². The molecule has 0 amide bonds. The van der Waals surface area contributed by atoms with Crippen LogP contribution in [-0.4, -0.2) is 22.2 Å². The Kier molecular flexibility index (Phi) is 5.51. The topological polar surface area (TPSA) is 53.6 Å². The summed E-state index contributed by atoms with van der Waals surface area (Å²) in [6.45, 7) is 4.22. The smallest absolute Gasteiger partial charge is 0.183 e. The summed E-state index contributed by atoms with van der Waals surface area (Å²) in [6.07, 6.45) is 4.77. The van der Waals surface area contributed by atoms with Crippen molar-refractivity contribution >= 4 is 16.5 Å². The third kappa shape index (κ3) is 4.16. The van der Waals surface area contributed by atoms with E-state index in [1.807, 2.05) is 19.3 Å². The molecule has 0 atom stereocenters. The van der Waals surface area contributed by atoms with Gasteiger partial charge in [-0.1, -0.05) is 37.3 Å². The number of thiazole rings is 1. The fourth-order valence-electron chi connectivity index (χ4n) is 1.87. The van der Waals surface area contributed by atoms with Crippen LogP contribution in [0, 0.1) is 6.92 Å². The van der Waals surface area contributed by atoms with E-state index in [4.69, 9.17) is 0 Å². The van der Waals surface area contributed by atoms with Crippen LogP contribution >= 0.6 is 11.3 Å². The van der Waals surface area contributed by atoms with Crippen molar-refractivity contribution in [1.29, 1.82) is 0 Å².